The van der Waals surface area contributed by atoms with Crippen molar-refractivity contribution in [2.24, 2.45) is 17.8 Å². The van der Waals surface area contributed by atoms with E-state index in [1.165, 1.54) is 31.7 Å². The summed E-state index contributed by atoms with van der Waals surface area (Å²) in [5.41, 5.74) is 0.119. The Bertz CT molecular complexity index is 519. The second-order valence-corrected chi connectivity index (χ2v) is 6.94. The molecular formula is C16H19NO3. The van der Waals surface area contributed by atoms with Crippen molar-refractivity contribution in [1.29, 1.82) is 0 Å². The Kier molecular flexibility index (Phi) is 2.56. The van der Waals surface area contributed by atoms with Gasteiger partial charge in [-0.2, -0.15) is 4.73 Å². The molecule has 4 aliphatic rings. The Morgan fingerprint density at radius 3 is 2.35 bits per heavy atom. The molecule has 0 radical (unpaired) electrons. The minimum atomic E-state index is -0.336. The number of hydrogen-bond donors (Lipinski definition) is 0. The van der Waals surface area contributed by atoms with Gasteiger partial charge in [-0.1, -0.05) is 0 Å². The zero-order chi connectivity index (χ0) is 13.7. The number of rotatable bonds is 2. The van der Waals surface area contributed by atoms with E-state index in [0.717, 1.165) is 37.0 Å². The number of esters is 1. The topological polar surface area (TPSA) is 53.2 Å². The highest BCUT2D eigenvalue weighted by molar-refractivity contribution is 5.89. The zero-order valence-corrected chi connectivity index (χ0v) is 11.5. The van der Waals surface area contributed by atoms with Gasteiger partial charge in [0.1, 0.15) is 11.2 Å². The Balaban J connectivity index is 1.55. The van der Waals surface area contributed by atoms with E-state index in [2.05, 4.69) is 0 Å². The number of ether oxygens (including phenoxy) is 1. The molecule has 4 bridgehead atoms. The van der Waals surface area contributed by atoms with Gasteiger partial charge in [-0.05, 0) is 62.3 Å². The molecule has 0 spiro atoms. The van der Waals surface area contributed by atoms with E-state index in [-0.39, 0.29) is 11.6 Å². The maximum atomic E-state index is 12.3. The number of carbonyl (C=O) groups excluding carboxylic acids is 1. The Hall–Kier alpha value is -1.58. The molecule has 0 N–H and O–H groups in total. The number of pyridine rings is 1. The summed E-state index contributed by atoms with van der Waals surface area (Å²) in [6.07, 6.45) is 9.71. The molecule has 0 aliphatic heterocycles. The molecule has 0 unspecified atom stereocenters. The molecule has 1 aromatic rings. The van der Waals surface area contributed by atoms with Crippen LogP contribution in [0.1, 0.15) is 48.9 Å². The second-order valence-electron chi connectivity index (χ2n) is 6.94. The molecule has 4 nitrogen and oxygen atoms in total. The summed E-state index contributed by atoms with van der Waals surface area (Å²) >= 11 is 0. The van der Waals surface area contributed by atoms with Crippen molar-refractivity contribution in [3.8, 4) is 0 Å². The highest BCUT2D eigenvalue weighted by Crippen LogP contribution is 2.57. The van der Waals surface area contributed by atoms with E-state index in [0.29, 0.717) is 10.3 Å². The third-order valence-corrected chi connectivity index (χ3v) is 5.30. The van der Waals surface area contributed by atoms with Crippen LogP contribution in [0.25, 0.3) is 0 Å². The van der Waals surface area contributed by atoms with Gasteiger partial charge in [0, 0.05) is 6.07 Å². The fourth-order valence-corrected chi connectivity index (χ4v) is 4.99. The van der Waals surface area contributed by atoms with Crippen LogP contribution in [0.4, 0.5) is 0 Å². The van der Waals surface area contributed by atoms with Crippen molar-refractivity contribution < 1.29 is 14.3 Å². The summed E-state index contributed by atoms with van der Waals surface area (Å²) in [6, 6.07) is 3.24. The summed E-state index contributed by atoms with van der Waals surface area (Å²) in [5, 5.41) is 11.3. The van der Waals surface area contributed by atoms with Gasteiger partial charge in [-0.15, -0.1) is 0 Å². The van der Waals surface area contributed by atoms with Crippen LogP contribution in [0.2, 0.25) is 0 Å². The molecule has 4 aliphatic carbocycles. The molecule has 1 aromatic heterocycles. The van der Waals surface area contributed by atoms with Crippen molar-refractivity contribution in [1.82, 2.24) is 0 Å². The fraction of sp³-hybridized carbons (Fsp3) is 0.625. The van der Waals surface area contributed by atoms with Crippen LogP contribution >= 0.6 is 0 Å². The number of carbonyl (C=O) groups is 1. The van der Waals surface area contributed by atoms with Gasteiger partial charge < -0.3 is 9.94 Å². The minimum Gasteiger partial charge on any atom is -0.619 e. The SMILES string of the molecule is O=C(OC12CC3CC(CC(C3)C1)C2)c1ccc[n+]([O-])c1. The molecule has 106 valence electrons. The summed E-state index contributed by atoms with van der Waals surface area (Å²) in [6.45, 7) is 0. The first-order valence-corrected chi connectivity index (χ1v) is 7.54. The molecule has 4 saturated carbocycles. The second kappa shape index (κ2) is 4.21. The van der Waals surface area contributed by atoms with Crippen LogP contribution in [0.15, 0.2) is 24.5 Å². The van der Waals surface area contributed by atoms with Gasteiger partial charge in [0.05, 0.1) is 0 Å². The van der Waals surface area contributed by atoms with Crippen LogP contribution in [0.5, 0.6) is 0 Å². The molecule has 0 saturated heterocycles. The first-order valence-electron chi connectivity index (χ1n) is 7.54. The van der Waals surface area contributed by atoms with Crippen LogP contribution in [-0.2, 0) is 4.74 Å². The summed E-state index contributed by atoms with van der Waals surface area (Å²) in [5.74, 6) is 1.90. The van der Waals surface area contributed by atoms with Crippen LogP contribution in [-0.4, -0.2) is 11.6 Å². The van der Waals surface area contributed by atoms with E-state index in [1.807, 2.05) is 0 Å². The van der Waals surface area contributed by atoms with Crippen LogP contribution in [0.3, 0.4) is 0 Å². The lowest BCUT2D eigenvalue weighted by atomic mass is 9.54. The fourth-order valence-electron chi connectivity index (χ4n) is 4.99. The van der Waals surface area contributed by atoms with Gasteiger partial charge in [-0.25, -0.2) is 4.79 Å². The molecule has 1 heterocycles. The zero-order valence-electron chi connectivity index (χ0n) is 11.5. The lowest BCUT2D eigenvalue weighted by Crippen LogP contribution is -2.52. The number of hydrogen-bond acceptors (Lipinski definition) is 3. The maximum absolute atomic E-state index is 12.3. The molecule has 4 heteroatoms. The van der Waals surface area contributed by atoms with Gasteiger partial charge in [0.2, 0.25) is 0 Å². The van der Waals surface area contributed by atoms with Crippen molar-refractivity contribution in [3.63, 3.8) is 0 Å². The summed E-state index contributed by atoms with van der Waals surface area (Å²) in [7, 11) is 0. The normalized spacial score (nSPS) is 37.9. The monoisotopic (exact) mass is 273 g/mol. The maximum Gasteiger partial charge on any atom is 0.344 e. The average molecular weight is 273 g/mol. The summed E-state index contributed by atoms with van der Waals surface area (Å²) < 4.78 is 6.55. The molecular weight excluding hydrogens is 254 g/mol. The molecule has 20 heavy (non-hydrogen) atoms. The summed E-state index contributed by atoms with van der Waals surface area (Å²) in [4.78, 5) is 12.3. The number of nitrogens with zero attached hydrogens (tertiary/aromatic N) is 1. The smallest absolute Gasteiger partial charge is 0.344 e. The average Bonchev–Trinajstić information content (AvgIpc) is 2.36. The van der Waals surface area contributed by atoms with Crippen LogP contribution < -0.4 is 4.73 Å². The lowest BCUT2D eigenvalue weighted by molar-refractivity contribution is -0.605. The predicted molar refractivity (Wildman–Crippen MR) is 71.7 cm³/mol. The Morgan fingerprint density at radius 2 is 1.80 bits per heavy atom. The van der Waals surface area contributed by atoms with Gasteiger partial charge in [0.25, 0.3) is 0 Å². The molecule has 4 fully saturated rings. The third kappa shape index (κ3) is 1.98. The van der Waals surface area contributed by atoms with E-state index in [4.69, 9.17) is 4.74 Å². The molecule has 0 atom stereocenters. The first kappa shape index (κ1) is 12.2. The van der Waals surface area contributed by atoms with Gasteiger partial charge in [-0.3, -0.25) is 0 Å². The van der Waals surface area contributed by atoms with E-state index in [9.17, 15) is 10.0 Å². The largest absolute Gasteiger partial charge is 0.619 e. The minimum absolute atomic E-state index is 0.241. The van der Waals surface area contributed by atoms with E-state index in [1.54, 1.807) is 12.1 Å². The molecule has 5 rings (SSSR count). The van der Waals surface area contributed by atoms with Crippen molar-refractivity contribution >= 4 is 5.97 Å². The highest BCUT2D eigenvalue weighted by Gasteiger charge is 2.53. The molecule has 0 aromatic carbocycles. The predicted octanol–water partition coefficient (Wildman–Crippen LogP) is 2.45. The van der Waals surface area contributed by atoms with E-state index < -0.39 is 0 Å². The standard InChI is InChI=1S/C16H19NO3/c18-15(14-2-1-3-17(19)10-14)20-16-7-11-4-12(8-16)6-13(5-11)9-16/h1-3,10-13H,4-9H2. The Morgan fingerprint density at radius 1 is 1.20 bits per heavy atom. The molecule has 0 amide bonds. The first-order chi connectivity index (χ1) is 9.62. The van der Waals surface area contributed by atoms with Crippen molar-refractivity contribution in [2.45, 2.75) is 44.1 Å². The Labute approximate surface area is 118 Å². The lowest BCUT2D eigenvalue weighted by Gasteiger charge is -2.55. The van der Waals surface area contributed by atoms with E-state index >= 15 is 0 Å². The highest BCUT2D eigenvalue weighted by atomic mass is 16.6. The van der Waals surface area contributed by atoms with Crippen molar-refractivity contribution in [3.05, 3.63) is 35.3 Å². The quantitative estimate of drug-likeness (QED) is 0.472. The van der Waals surface area contributed by atoms with Crippen LogP contribution in [0, 0.1) is 23.0 Å². The third-order valence-electron chi connectivity index (χ3n) is 5.30. The van der Waals surface area contributed by atoms with Gasteiger partial charge in [0.15, 0.2) is 12.4 Å². The van der Waals surface area contributed by atoms with Crippen molar-refractivity contribution in [2.75, 3.05) is 0 Å². The number of aromatic nitrogens is 1. The van der Waals surface area contributed by atoms with Gasteiger partial charge >= 0.3 is 5.97 Å².